The van der Waals surface area contributed by atoms with Crippen LogP contribution in [0.2, 0.25) is 0 Å². The van der Waals surface area contributed by atoms with Gasteiger partial charge in [-0.25, -0.2) is 18.2 Å². The van der Waals surface area contributed by atoms with E-state index in [-0.39, 0.29) is 36.6 Å². The second kappa shape index (κ2) is 15.4. The van der Waals surface area contributed by atoms with Crippen LogP contribution in [0.3, 0.4) is 0 Å². The lowest BCUT2D eigenvalue weighted by Crippen LogP contribution is -2.51. The molecule has 2 aliphatic heterocycles. The highest BCUT2D eigenvalue weighted by atomic mass is 32.2. The van der Waals surface area contributed by atoms with Crippen molar-refractivity contribution in [2.45, 2.75) is 69.6 Å². The number of aromatic nitrogens is 2. The molecule has 254 valence electrons. The van der Waals surface area contributed by atoms with E-state index >= 15 is 0 Å². The van der Waals surface area contributed by atoms with E-state index in [1.54, 1.807) is 17.0 Å². The van der Waals surface area contributed by atoms with Crippen molar-refractivity contribution >= 4 is 38.8 Å². The zero-order chi connectivity index (χ0) is 33.6. The molecule has 2 fully saturated rings. The number of ether oxygens (including phenoxy) is 1. The molecule has 2 amide bonds. The molecule has 0 aliphatic carbocycles. The van der Waals surface area contributed by atoms with Crippen molar-refractivity contribution in [1.29, 1.82) is 0 Å². The first-order valence-corrected chi connectivity index (χ1v) is 17.7. The van der Waals surface area contributed by atoms with Gasteiger partial charge in [-0.05, 0) is 57.4 Å². The number of benzene rings is 2. The summed E-state index contributed by atoms with van der Waals surface area (Å²) in [5, 5.41) is 12.3. The standard InChI is InChI=1S/C33H44N6O7S/c1-3-46-22-21-38-28-8-5-4-7-26(28)34-30(38)23-36-17-19-37(20-18-36)31(40)15-14-27(33(42)43)35-32(41)29-9-6-16-39(29)47(44,45)25-12-10-24(2)11-13-25/h4-5,7-8,10-13,27,29H,3,6,9,14-23H2,1-2H3,(H,35,41)(H,42,43)/t27-,29+/m0/s1. The number of nitrogens with zero attached hydrogens (tertiary/aromatic N) is 5. The lowest BCUT2D eigenvalue weighted by Gasteiger charge is -2.34. The van der Waals surface area contributed by atoms with E-state index in [0.717, 1.165) is 26.7 Å². The number of fused-ring (bicyclic) bond motifs is 1. The molecule has 0 radical (unpaired) electrons. The molecule has 14 heteroatoms. The molecule has 0 bridgehead atoms. The first-order chi connectivity index (χ1) is 22.6. The van der Waals surface area contributed by atoms with Crippen molar-refractivity contribution in [3.8, 4) is 0 Å². The molecule has 0 spiro atoms. The van der Waals surface area contributed by atoms with Gasteiger partial charge < -0.3 is 24.6 Å². The van der Waals surface area contributed by atoms with Crippen LogP contribution in [0.4, 0.5) is 0 Å². The number of hydrogen-bond donors (Lipinski definition) is 2. The molecule has 1 aromatic heterocycles. The molecule has 2 saturated heterocycles. The molecule has 3 heterocycles. The zero-order valence-electron chi connectivity index (χ0n) is 27.0. The minimum atomic E-state index is -3.94. The number of imidazole rings is 1. The summed E-state index contributed by atoms with van der Waals surface area (Å²) >= 11 is 0. The molecule has 3 aromatic rings. The van der Waals surface area contributed by atoms with Crippen LogP contribution in [0, 0.1) is 6.92 Å². The van der Waals surface area contributed by atoms with Crippen LogP contribution in [-0.4, -0.2) is 113 Å². The molecular weight excluding hydrogens is 624 g/mol. The molecule has 2 N–H and O–H groups in total. The van der Waals surface area contributed by atoms with Crippen LogP contribution >= 0.6 is 0 Å². The van der Waals surface area contributed by atoms with Crippen LogP contribution in [0.5, 0.6) is 0 Å². The maximum absolute atomic E-state index is 13.3. The fourth-order valence-corrected chi connectivity index (χ4v) is 7.89. The summed E-state index contributed by atoms with van der Waals surface area (Å²) in [6.07, 6.45) is 0.619. The number of aryl methyl sites for hydroxylation is 1. The minimum absolute atomic E-state index is 0.0550. The van der Waals surface area contributed by atoms with E-state index in [1.807, 2.05) is 32.0 Å². The summed E-state index contributed by atoms with van der Waals surface area (Å²) in [6.45, 7) is 8.85. The van der Waals surface area contributed by atoms with Crippen LogP contribution in [0.25, 0.3) is 11.0 Å². The van der Waals surface area contributed by atoms with E-state index in [2.05, 4.69) is 20.9 Å². The maximum Gasteiger partial charge on any atom is 0.326 e. The van der Waals surface area contributed by atoms with Crippen molar-refractivity contribution in [2.24, 2.45) is 0 Å². The number of hydrogen-bond acceptors (Lipinski definition) is 8. The van der Waals surface area contributed by atoms with Gasteiger partial charge in [-0.15, -0.1) is 0 Å². The summed E-state index contributed by atoms with van der Waals surface area (Å²) in [4.78, 5) is 47.3. The average molecular weight is 669 g/mol. The maximum atomic E-state index is 13.3. The number of carboxylic acids is 1. The molecule has 2 aromatic carbocycles. The molecule has 5 rings (SSSR count). The third kappa shape index (κ3) is 8.18. The van der Waals surface area contributed by atoms with Crippen molar-refractivity contribution in [2.75, 3.05) is 45.9 Å². The first-order valence-electron chi connectivity index (χ1n) is 16.2. The Morgan fingerprint density at radius 3 is 2.47 bits per heavy atom. The number of nitrogens with one attached hydrogen (secondary N) is 1. The van der Waals surface area contributed by atoms with E-state index in [4.69, 9.17) is 9.72 Å². The van der Waals surface area contributed by atoms with Gasteiger partial charge >= 0.3 is 5.97 Å². The van der Waals surface area contributed by atoms with Gasteiger partial charge in [-0.2, -0.15) is 4.31 Å². The zero-order valence-corrected chi connectivity index (χ0v) is 27.8. The summed E-state index contributed by atoms with van der Waals surface area (Å²) in [5.74, 6) is -1.18. The Balaban J connectivity index is 1.13. The highest BCUT2D eigenvalue weighted by Crippen LogP contribution is 2.27. The van der Waals surface area contributed by atoms with Gasteiger partial charge in [0.15, 0.2) is 0 Å². The normalized spacial score (nSPS) is 18.4. The summed E-state index contributed by atoms with van der Waals surface area (Å²) < 4.78 is 35.5. The van der Waals surface area contributed by atoms with Crippen LogP contribution in [0.15, 0.2) is 53.4 Å². The number of carbonyl (C=O) groups is 3. The van der Waals surface area contributed by atoms with E-state index in [9.17, 15) is 27.9 Å². The van der Waals surface area contributed by atoms with Crippen molar-refractivity contribution in [1.82, 2.24) is 29.0 Å². The highest BCUT2D eigenvalue weighted by Gasteiger charge is 2.40. The van der Waals surface area contributed by atoms with E-state index < -0.39 is 34.0 Å². The Morgan fingerprint density at radius 1 is 1.04 bits per heavy atom. The number of rotatable bonds is 14. The van der Waals surface area contributed by atoms with Crippen LogP contribution < -0.4 is 5.32 Å². The SMILES string of the molecule is CCOCCn1c(CN2CCN(C(=O)CC[C@H](NC(=O)[C@H]3CCCN3S(=O)(=O)c3ccc(C)cc3)C(=O)O)CC2)nc2ccccc21. The third-order valence-electron chi connectivity index (χ3n) is 8.88. The van der Waals surface area contributed by atoms with Gasteiger partial charge in [0.25, 0.3) is 0 Å². The fourth-order valence-electron chi connectivity index (χ4n) is 6.24. The Hall–Kier alpha value is -3.85. The predicted octanol–water partition coefficient (Wildman–Crippen LogP) is 2.23. The average Bonchev–Trinajstić information content (AvgIpc) is 3.69. The van der Waals surface area contributed by atoms with Crippen molar-refractivity contribution < 1.29 is 32.6 Å². The molecule has 2 aliphatic rings. The van der Waals surface area contributed by atoms with Gasteiger partial charge in [-0.1, -0.05) is 29.8 Å². The fraction of sp³-hybridized carbons (Fsp3) is 0.515. The lowest BCUT2D eigenvalue weighted by molar-refractivity contribution is -0.143. The number of carboxylic acid groups (broad SMARTS) is 1. The predicted molar refractivity (Wildman–Crippen MR) is 175 cm³/mol. The first kappa shape index (κ1) is 34.5. The quantitative estimate of drug-likeness (QED) is 0.246. The van der Waals surface area contributed by atoms with Crippen LogP contribution in [-0.2, 0) is 42.2 Å². The Bertz CT molecular complexity index is 1670. The third-order valence-corrected chi connectivity index (χ3v) is 10.8. The second-order valence-electron chi connectivity index (χ2n) is 12.0. The number of sulfonamides is 1. The Kier molecular flexibility index (Phi) is 11.3. The van der Waals surface area contributed by atoms with Gasteiger partial charge in [0.05, 0.1) is 29.1 Å². The number of amides is 2. The van der Waals surface area contributed by atoms with Crippen molar-refractivity contribution in [3.05, 3.63) is 59.9 Å². The highest BCUT2D eigenvalue weighted by molar-refractivity contribution is 7.89. The Labute approximate surface area is 275 Å². The van der Waals surface area contributed by atoms with Gasteiger partial charge in [0, 0.05) is 52.3 Å². The second-order valence-corrected chi connectivity index (χ2v) is 13.9. The van der Waals surface area contributed by atoms with Gasteiger partial charge in [0.1, 0.15) is 17.9 Å². The largest absolute Gasteiger partial charge is 0.480 e. The van der Waals surface area contributed by atoms with Crippen molar-refractivity contribution in [3.63, 3.8) is 0 Å². The molecule has 47 heavy (non-hydrogen) atoms. The molecule has 0 saturated carbocycles. The number of piperazine rings is 1. The van der Waals surface area contributed by atoms with Crippen LogP contribution in [0.1, 0.15) is 44.0 Å². The smallest absolute Gasteiger partial charge is 0.326 e. The lowest BCUT2D eigenvalue weighted by atomic mass is 10.1. The molecule has 13 nitrogen and oxygen atoms in total. The topological polar surface area (TPSA) is 154 Å². The van der Waals surface area contributed by atoms with E-state index in [0.29, 0.717) is 58.9 Å². The molecule has 2 atom stereocenters. The number of para-hydroxylation sites is 2. The van der Waals surface area contributed by atoms with Gasteiger partial charge in [-0.3, -0.25) is 14.5 Å². The van der Waals surface area contributed by atoms with Gasteiger partial charge in [0.2, 0.25) is 21.8 Å². The Morgan fingerprint density at radius 2 is 1.77 bits per heavy atom. The monoisotopic (exact) mass is 668 g/mol. The summed E-state index contributed by atoms with van der Waals surface area (Å²) in [7, 11) is -3.94. The number of aliphatic carboxylic acids is 1. The summed E-state index contributed by atoms with van der Waals surface area (Å²) in [5.41, 5.74) is 2.90. The molecule has 0 unspecified atom stereocenters. The summed E-state index contributed by atoms with van der Waals surface area (Å²) in [6, 6.07) is 12.1. The number of carbonyl (C=O) groups excluding carboxylic acids is 2. The van der Waals surface area contributed by atoms with E-state index in [1.165, 1.54) is 12.1 Å². The minimum Gasteiger partial charge on any atom is -0.480 e. The molecular formula is C33H44N6O7S.